The molecule has 0 unspecified atom stereocenters. The smallest absolute Gasteiger partial charge is 0.0594 e. The highest BCUT2D eigenvalue weighted by Gasteiger charge is 2.08. The molecule has 3 rings (SSSR count). The van der Waals surface area contributed by atoms with Crippen LogP contribution in [0.15, 0.2) is 24.4 Å². The van der Waals surface area contributed by atoms with Crippen LogP contribution in [0.2, 0.25) is 0 Å². The fraction of sp³-hybridized carbons (Fsp3) is 0.467. The number of morpholine rings is 1. The molecule has 2 aromatic rings. The average Bonchev–Trinajstić information content (AvgIpc) is 2.92. The Morgan fingerprint density at radius 1 is 1.32 bits per heavy atom. The summed E-state index contributed by atoms with van der Waals surface area (Å²) in [5.74, 6) is 0. The Morgan fingerprint density at radius 2 is 2.21 bits per heavy atom. The number of H-pyrrole nitrogens is 1. The van der Waals surface area contributed by atoms with Crippen molar-refractivity contribution in [2.24, 2.45) is 0 Å². The lowest BCUT2D eigenvalue weighted by molar-refractivity contribution is 0.0384. The number of aromatic amines is 1. The molecule has 2 heterocycles. The van der Waals surface area contributed by atoms with Gasteiger partial charge in [-0.3, -0.25) is 4.90 Å². The molecule has 4 heteroatoms. The van der Waals surface area contributed by atoms with E-state index in [4.69, 9.17) is 4.74 Å². The predicted molar refractivity (Wildman–Crippen MR) is 76.1 cm³/mol. The summed E-state index contributed by atoms with van der Waals surface area (Å²) in [4.78, 5) is 5.64. The summed E-state index contributed by atoms with van der Waals surface area (Å²) in [5.41, 5.74) is 2.47. The molecule has 0 aliphatic carbocycles. The van der Waals surface area contributed by atoms with Gasteiger partial charge in [-0.15, -0.1) is 0 Å². The summed E-state index contributed by atoms with van der Waals surface area (Å²) in [6.45, 7) is 6.91. The van der Waals surface area contributed by atoms with E-state index in [0.29, 0.717) is 0 Å². The van der Waals surface area contributed by atoms with Crippen LogP contribution in [0.3, 0.4) is 0 Å². The van der Waals surface area contributed by atoms with Gasteiger partial charge in [-0.2, -0.15) is 0 Å². The van der Waals surface area contributed by atoms with E-state index >= 15 is 0 Å². The topological polar surface area (TPSA) is 40.3 Å². The molecule has 2 N–H and O–H groups in total. The molecule has 1 aromatic heterocycles. The fourth-order valence-electron chi connectivity index (χ4n) is 2.43. The maximum atomic E-state index is 5.34. The van der Waals surface area contributed by atoms with Crippen LogP contribution in [0.1, 0.15) is 5.56 Å². The Morgan fingerprint density at radius 3 is 3.11 bits per heavy atom. The molecule has 0 saturated carbocycles. The van der Waals surface area contributed by atoms with Crippen LogP contribution in [-0.2, 0) is 11.3 Å². The van der Waals surface area contributed by atoms with Crippen molar-refractivity contribution in [3.05, 3.63) is 36.0 Å². The molecule has 19 heavy (non-hydrogen) atoms. The standard InChI is InChI=1S/C15H20N3O/c1-2-14-3-4-17-15(14)11-13(1)12-16-5-6-18-7-9-19-10-8-18/h1-2,4,11,16-17H,5-10,12H2. The van der Waals surface area contributed by atoms with Crippen molar-refractivity contribution in [1.29, 1.82) is 0 Å². The van der Waals surface area contributed by atoms with Crippen molar-refractivity contribution in [1.82, 2.24) is 15.2 Å². The first-order valence-electron chi connectivity index (χ1n) is 6.90. The minimum Gasteiger partial charge on any atom is -0.379 e. The first-order valence-corrected chi connectivity index (χ1v) is 6.90. The van der Waals surface area contributed by atoms with Crippen LogP contribution in [0, 0.1) is 6.07 Å². The Balaban J connectivity index is 1.43. The van der Waals surface area contributed by atoms with E-state index in [1.807, 2.05) is 6.20 Å². The number of hydrogen-bond donors (Lipinski definition) is 2. The third-order valence-electron chi connectivity index (χ3n) is 3.58. The maximum Gasteiger partial charge on any atom is 0.0594 e. The van der Waals surface area contributed by atoms with Gasteiger partial charge in [-0.25, -0.2) is 0 Å². The van der Waals surface area contributed by atoms with Crippen LogP contribution in [0.5, 0.6) is 0 Å². The van der Waals surface area contributed by atoms with Crippen molar-refractivity contribution in [2.45, 2.75) is 6.54 Å². The maximum absolute atomic E-state index is 5.34. The number of fused-ring (bicyclic) bond motifs is 1. The summed E-state index contributed by atoms with van der Waals surface area (Å²) in [6, 6.07) is 9.63. The molecule has 101 valence electrons. The zero-order valence-electron chi connectivity index (χ0n) is 11.1. The second-order valence-corrected chi connectivity index (χ2v) is 4.94. The van der Waals surface area contributed by atoms with Crippen LogP contribution >= 0.6 is 0 Å². The zero-order chi connectivity index (χ0) is 12.9. The number of aromatic nitrogens is 1. The summed E-state index contributed by atoms with van der Waals surface area (Å²) in [7, 11) is 0. The SMILES string of the molecule is [c]1c[nH]c2cc(CNCCN3CCOCC3)ccc12. The Labute approximate surface area is 113 Å². The van der Waals surface area contributed by atoms with Gasteiger partial charge in [0, 0.05) is 55.9 Å². The molecule has 0 amide bonds. The van der Waals surface area contributed by atoms with Gasteiger partial charge in [-0.05, 0) is 11.6 Å². The highest BCUT2D eigenvalue weighted by molar-refractivity contribution is 5.79. The predicted octanol–water partition coefficient (Wildman–Crippen LogP) is 1.39. The van der Waals surface area contributed by atoms with Crippen molar-refractivity contribution in [3.8, 4) is 0 Å². The number of nitrogens with zero attached hydrogens (tertiary/aromatic N) is 1. The van der Waals surface area contributed by atoms with Gasteiger partial charge in [0.05, 0.1) is 13.2 Å². The van der Waals surface area contributed by atoms with Crippen molar-refractivity contribution in [2.75, 3.05) is 39.4 Å². The van der Waals surface area contributed by atoms with Gasteiger partial charge in [0.25, 0.3) is 0 Å². The van der Waals surface area contributed by atoms with E-state index < -0.39 is 0 Å². The highest BCUT2D eigenvalue weighted by atomic mass is 16.5. The van der Waals surface area contributed by atoms with Gasteiger partial charge in [0.1, 0.15) is 0 Å². The molecule has 0 spiro atoms. The minimum atomic E-state index is 0.875. The van der Waals surface area contributed by atoms with E-state index in [-0.39, 0.29) is 0 Å². The van der Waals surface area contributed by atoms with Crippen molar-refractivity contribution < 1.29 is 4.74 Å². The molecule has 0 atom stereocenters. The summed E-state index contributed by atoms with van der Waals surface area (Å²) in [5, 5.41) is 4.65. The molecule has 1 radical (unpaired) electrons. The number of nitrogens with one attached hydrogen (secondary N) is 2. The van der Waals surface area contributed by atoms with Gasteiger partial charge < -0.3 is 15.0 Å². The Bertz CT molecular complexity index is 517. The van der Waals surface area contributed by atoms with Gasteiger partial charge in [-0.1, -0.05) is 12.1 Å². The molecule has 1 saturated heterocycles. The lowest BCUT2D eigenvalue weighted by Gasteiger charge is -2.26. The number of ether oxygens (including phenoxy) is 1. The molecular weight excluding hydrogens is 238 g/mol. The molecule has 1 aromatic carbocycles. The number of benzene rings is 1. The van der Waals surface area contributed by atoms with Crippen molar-refractivity contribution >= 4 is 10.9 Å². The van der Waals surface area contributed by atoms with E-state index in [1.165, 1.54) is 5.56 Å². The number of hydrogen-bond acceptors (Lipinski definition) is 3. The normalized spacial score (nSPS) is 17.1. The average molecular weight is 258 g/mol. The van der Waals surface area contributed by atoms with Gasteiger partial charge >= 0.3 is 0 Å². The van der Waals surface area contributed by atoms with Crippen LogP contribution in [0.4, 0.5) is 0 Å². The lowest BCUT2D eigenvalue weighted by Crippen LogP contribution is -2.40. The van der Waals surface area contributed by atoms with E-state index in [0.717, 1.165) is 56.8 Å². The fourth-order valence-corrected chi connectivity index (χ4v) is 2.43. The third-order valence-corrected chi connectivity index (χ3v) is 3.58. The second-order valence-electron chi connectivity index (χ2n) is 4.94. The van der Waals surface area contributed by atoms with Crippen LogP contribution in [-0.4, -0.2) is 49.3 Å². The van der Waals surface area contributed by atoms with E-state index in [1.54, 1.807) is 0 Å². The first-order chi connectivity index (χ1) is 9.42. The highest BCUT2D eigenvalue weighted by Crippen LogP contribution is 2.13. The summed E-state index contributed by atoms with van der Waals surface area (Å²) < 4.78 is 5.34. The molecular formula is C15H20N3O. The molecule has 1 aliphatic rings. The minimum absolute atomic E-state index is 0.875. The Hall–Kier alpha value is -1.36. The van der Waals surface area contributed by atoms with Crippen LogP contribution in [0.25, 0.3) is 10.9 Å². The molecule has 4 nitrogen and oxygen atoms in total. The van der Waals surface area contributed by atoms with Crippen molar-refractivity contribution in [3.63, 3.8) is 0 Å². The molecule has 1 aliphatic heterocycles. The van der Waals surface area contributed by atoms with Gasteiger partial charge in [0.2, 0.25) is 0 Å². The second kappa shape index (κ2) is 6.19. The lowest BCUT2D eigenvalue weighted by atomic mass is 10.1. The molecule has 0 bridgehead atoms. The zero-order valence-corrected chi connectivity index (χ0v) is 11.1. The van der Waals surface area contributed by atoms with E-state index in [2.05, 4.69) is 39.5 Å². The van der Waals surface area contributed by atoms with E-state index in [9.17, 15) is 0 Å². The monoisotopic (exact) mass is 258 g/mol. The number of rotatable bonds is 5. The van der Waals surface area contributed by atoms with Crippen LogP contribution < -0.4 is 5.32 Å². The summed E-state index contributed by atoms with van der Waals surface area (Å²) >= 11 is 0. The third kappa shape index (κ3) is 3.35. The summed E-state index contributed by atoms with van der Waals surface area (Å²) in [6.07, 6.45) is 1.86. The largest absolute Gasteiger partial charge is 0.379 e. The molecule has 1 fully saturated rings. The van der Waals surface area contributed by atoms with Gasteiger partial charge in [0.15, 0.2) is 0 Å². The Kier molecular flexibility index (Phi) is 4.13. The first kappa shape index (κ1) is 12.7. The quantitative estimate of drug-likeness (QED) is 0.796.